The molecule has 0 spiro atoms. The summed E-state index contributed by atoms with van der Waals surface area (Å²) in [4.78, 5) is 40.5. The third-order valence-electron chi connectivity index (χ3n) is 5.45. The predicted octanol–water partition coefficient (Wildman–Crippen LogP) is 5.69. The minimum Gasteiger partial charge on any atom is 0 e. The molecule has 0 fully saturated rings. The molecule has 0 saturated heterocycles. The Hall–Kier alpha value is 0.0183. The molecular weight excluding hydrogens is 1370 g/mol. The van der Waals surface area contributed by atoms with Gasteiger partial charge in [0.1, 0.15) is 23.3 Å². The van der Waals surface area contributed by atoms with Gasteiger partial charge in [-0.2, -0.15) is 15.0 Å². The number of aryl methyl sites for hydroxylation is 2. The Bertz CT molecular complexity index is 1360. The van der Waals surface area contributed by atoms with E-state index in [0.717, 1.165) is 30.0 Å². The summed E-state index contributed by atoms with van der Waals surface area (Å²) >= 11 is 9.54. The molecule has 4 aromatic rings. The fraction of sp³-hybridized carbons (Fsp3) is 0.500. The molecule has 18 heteroatoms. The Morgan fingerprint density at radius 1 is 0.720 bits per heavy atom. The van der Waals surface area contributed by atoms with Gasteiger partial charge in [-0.3, -0.25) is 0 Å². The maximum absolute atomic E-state index is 4.53. The maximum atomic E-state index is 4.53. The van der Waals surface area contributed by atoms with E-state index in [0.29, 0.717) is 48.4 Å². The van der Waals surface area contributed by atoms with Gasteiger partial charge < -0.3 is 25.0 Å². The first-order valence-electron chi connectivity index (χ1n) is 15.5. The molecule has 4 heterocycles. The van der Waals surface area contributed by atoms with Gasteiger partial charge in [-0.1, -0.05) is 45.7 Å². The van der Waals surface area contributed by atoms with Gasteiger partial charge in [-0.05, 0) is 53.9 Å². The molecule has 50 heavy (non-hydrogen) atoms. The molecular formula is C32H53I5N12W-2. The van der Waals surface area contributed by atoms with Crippen LogP contribution in [0.1, 0.15) is 53.2 Å². The van der Waals surface area contributed by atoms with E-state index in [1.165, 1.54) is 0 Å². The largest absolute Gasteiger partial charge is 0 e. The summed E-state index contributed by atoms with van der Waals surface area (Å²) in [7, 11) is 11.6. The summed E-state index contributed by atoms with van der Waals surface area (Å²) < 4.78 is 0. The summed E-state index contributed by atoms with van der Waals surface area (Å²) in [6.45, 7) is 17.6. The number of aromatic nitrogens is 8. The molecule has 1 N–H and O–H groups in total. The van der Waals surface area contributed by atoms with Crippen molar-refractivity contribution in [3.63, 3.8) is 0 Å². The SMILES string of the molecule is CC.CC.CCN(C)c1nc(C)nc(-c2c[c-]ncc2)n1.CCN(C)c1nc(C)nc(-c2ccnc(N(C)C)c2)n1.CNC.II.I[I-]I.[W]. The van der Waals surface area contributed by atoms with Crippen LogP contribution < -0.4 is 33.3 Å². The third-order valence-corrected chi connectivity index (χ3v) is 5.45. The molecule has 0 atom stereocenters. The van der Waals surface area contributed by atoms with Crippen LogP contribution in [0.25, 0.3) is 22.8 Å². The Morgan fingerprint density at radius 3 is 1.48 bits per heavy atom. The van der Waals surface area contributed by atoms with Crippen molar-refractivity contribution >= 4 is 92.2 Å². The zero-order valence-electron chi connectivity index (χ0n) is 31.6. The quantitative estimate of drug-likeness (QED) is 0.181. The van der Waals surface area contributed by atoms with Gasteiger partial charge in [0.15, 0.2) is 5.82 Å². The molecule has 12 nitrogen and oxygen atoms in total. The number of hydrogen-bond donors (Lipinski definition) is 1. The Morgan fingerprint density at radius 2 is 1.12 bits per heavy atom. The minimum absolute atomic E-state index is 0. The fourth-order valence-electron chi connectivity index (χ4n) is 3.07. The normalized spacial score (nSPS) is 8.84. The smallest absolute Gasteiger partial charge is 0 e. The number of anilines is 3. The number of halogens is 5. The molecule has 0 aromatic carbocycles. The Labute approximate surface area is 369 Å². The Balaban J connectivity index is -0.000000320. The zero-order chi connectivity index (χ0) is 38.4. The number of pyridine rings is 2. The molecule has 0 aliphatic carbocycles. The van der Waals surface area contributed by atoms with E-state index in [2.05, 4.69) is 140 Å². The summed E-state index contributed by atoms with van der Waals surface area (Å²) in [6, 6.07) is 7.52. The number of hydrogen-bond acceptors (Lipinski definition) is 12. The number of rotatable bonds is 7. The van der Waals surface area contributed by atoms with E-state index >= 15 is 0 Å². The van der Waals surface area contributed by atoms with Gasteiger partial charge >= 0.3 is 50.5 Å². The van der Waals surface area contributed by atoms with Crippen molar-refractivity contribution in [1.82, 2.24) is 45.2 Å². The summed E-state index contributed by atoms with van der Waals surface area (Å²) in [5.41, 5.74) is 1.84. The van der Waals surface area contributed by atoms with Crippen molar-refractivity contribution in [2.45, 2.75) is 55.4 Å². The van der Waals surface area contributed by atoms with Gasteiger partial charge in [-0.25, -0.2) is 19.9 Å². The van der Waals surface area contributed by atoms with E-state index in [-0.39, 0.29) is 21.1 Å². The minimum atomic E-state index is 0. The van der Waals surface area contributed by atoms with Crippen molar-refractivity contribution in [2.24, 2.45) is 0 Å². The van der Waals surface area contributed by atoms with Crippen LogP contribution in [0.4, 0.5) is 17.7 Å². The topological polar surface area (TPSA) is 125 Å². The number of nitrogens with zero attached hydrogens (tertiary/aromatic N) is 11. The second-order valence-electron chi connectivity index (χ2n) is 9.07. The van der Waals surface area contributed by atoms with E-state index in [1.54, 1.807) is 18.5 Å². The average Bonchev–Trinajstić information content (AvgIpc) is 3.14. The van der Waals surface area contributed by atoms with Gasteiger partial charge in [0, 0.05) is 111 Å². The van der Waals surface area contributed by atoms with Crippen molar-refractivity contribution in [3.05, 3.63) is 54.5 Å². The molecule has 284 valence electrons. The monoisotopic (exact) mass is 1420 g/mol. The van der Waals surface area contributed by atoms with Gasteiger partial charge in [0.2, 0.25) is 11.9 Å². The summed E-state index contributed by atoms with van der Waals surface area (Å²) in [5.74, 6) is 5.02. The molecule has 0 aliphatic rings. The molecule has 0 bridgehead atoms. The van der Waals surface area contributed by atoms with Gasteiger partial charge in [0.25, 0.3) is 0 Å². The first-order valence-corrected chi connectivity index (χ1v) is 34.3. The van der Waals surface area contributed by atoms with Crippen LogP contribution in [0.2, 0.25) is 0 Å². The van der Waals surface area contributed by atoms with E-state index in [9.17, 15) is 0 Å². The van der Waals surface area contributed by atoms with E-state index < -0.39 is 0 Å². The van der Waals surface area contributed by atoms with Gasteiger partial charge in [-0.15, -0.1) is 12.1 Å². The third kappa shape index (κ3) is 24.4. The van der Waals surface area contributed by atoms with Crippen molar-refractivity contribution in [1.29, 1.82) is 0 Å². The van der Waals surface area contributed by atoms with Crippen molar-refractivity contribution in [3.8, 4) is 22.8 Å². The predicted molar refractivity (Wildman–Crippen MR) is 240 cm³/mol. The van der Waals surface area contributed by atoms with Gasteiger partial charge in [0.05, 0.1) is 0 Å². The fourth-order valence-corrected chi connectivity index (χ4v) is 3.07. The first kappa shape index (κ1) is 56.8. The van der Waals surface area contributed by atoms with Crippen LogP contribution in [0.15, 0.2) is 36.7 Å². The van der Waals surface area contributed by atoms with Crippen LogP contribution in [0.3, 0.4) is 0 Å². The first-order chi connectivity index (χ1) is 23.5. The second-order valence-corrected chi connectivity index (χ2v) is 25.3. The van der Waals surface area contributed by atoms with Crippen LogP contribution in [0, 0.1) is 20.0 Å². The molecule has 0 amide bonds. The van der Waals surface area contributed by atoms with Crippen LogP contribution in [-0.2, 0) is 21.1 Å². The van der Waals surface area contributed by atoms with Crippen LogP contribution >= 0.6 is 74.5 Å². The van der Waals surface area contributed by atoms with Crippen molar-refractivity contribution in [2.75, 3.05) is 70.1 Å². The van der Waals surface area contributed by atoms with Crippen LogP contribution in [0.5, 0.6) is 0 Å². The van der Waals surface area contributed by atoms with E-state index in [1.807, 2.05) is 117 Å². The summed E-state index contributed by atoms with van der Waals surface area (Å²) in [6.07, 6.45) is 6.23. The zero-order valence-corrected chi connectivity index (χ0v) is 45.3. The van der Waals surface area contributed by atoms with Crippen LogP contribution in [-0.4, -0.2) is 95.2 Å². The molecule has 0 radical (unpaired) electrons. The molecule has 4 rings (SSSR count). The molecule has 0 aliphatic heterocycles. The maximum Gasteiger partial charge on any atom is 0 e. The van der Waals surface area contributed by atoms with E-state index in [4.69, 9.17) is 0 Å². The molecule has 0 unspecified atom stereocenters. The molecule has 4 aromatic heterocycles. The summed E-state index contributed by atoms with van der Waals surface area (Å²) in [5, 5.41) is 2.75. The second kappa shape index (κ2) is 37.3. The Kier molecular flexibility index (Phi) is 42.4. The number of nitrogens with one attached hydrogen (secondary N) is 1. The molecule has 0 saturated carbocycles. The standard InChI is InChI=1S/C14H20N6.C12H14N5.C2H7N.2C2H6.I3.I2.W/c1-6-20(5)14-17-10(2)16-13(18-14)11-7-8-15-12(9-11)19(3)4;1-4-17(3)12-15-9(2)14-11(16-12)10-5-7-13-8-6-10;1-3-2;2*1-2;1-3-2;1-2;/h7-9H,6H2,1-5H3;5-7H,4H2,1-3H3;3H,1-2H3;2*1-2H3;;;/q;-1;;;;-1;;. The van der Waals surface area contributed by atoms with Crippen molar-refractivity contribution < 1.29 is 34.3 Å². The average molecular weight is 1420 g/mol.